The second-order valence-electron chi connectivity index (χ2n) is 7.83. The Morgan fingerprint density at radius 3 is 2.47 bits per heavy atom. The number of aromatic amines is 1. The number of H-pyrrole nitrogens is 1. The largest absolute Gasteiger partial charge is 0.376 e. The molecule has 2 aromatic heterocycles. The maximum atomic E-state index is 13.4. The SMILES string of the molecule is Cc1ccc(C)c(CC(Nc2ccc(F)cc2)c2nccc3c(C)c(C)[nH]c23)c1.Cl. The number of fused-ring (bicyclic) bond motifs is 1. The van der Waals surface area contributed by atoms with Crippen LogP contribution < -0.4 is 5.32 Å². The molecule has 0 radical (unpaired) electrons. The molecule has 30 heavy (non-hydrogen) atoms. The minimum Gasteiger partial charge on any atom is -0.376 e. The van der Waals surface area contributed by atoms with Crippen molar-refractivity contribution in [2.75, 3.05) is 5.32 Å². The molecule has 0 fully saturated rings. The molecule has 0 spiro atoms. The molecule has 156 valence electrons. The summed E-state index contributed by atoms with van der Waals surface area (Å²) in [5.74, 6) is -0.238. The number of aromatic nitrogens is 2. The minimum atomic E-state index is -0.238. The van der Waals surface area contributed by atoms with E-state index in [1.807, 2.05) is 6.20 Å². The van der Waals surface area contributed by atoms with Crippen molar-refractivity contribution in [2.24, 2.45) is 0 Å². The number of hydrogen-bond donors (Lipinski definition) is 2. The third-order valence-electron chi connectivity index (χ3n) is 5.70. The first-order valence-corrected chi connectivity index (χ1v) is 9.94. The van der Waals surface area contributed by atoms with Crippen molar-refractivity contribution in [1.29, 1.82) is 0 Å². The summed E-state index contributed by atoms with van der Waals surface area (Å²) in [6, 6.07) is 15.1. The molecule has 2 N–H and O–H groups in total. The van der Waals surface area contributed by atoms with Gasteiger partial charge in [0.2, 0.25) is 0 Å². The summed E-state index contributed by atoms with van der Waals surface area (Å²) in [6.45, 7) is 8.47. The molecule has 5 heteroatoms. The third-order valence-corrected chi connectivity index (χ3v) is 5.70. The molecular formula is C25H27ClFN3. The van der Waals surface area contributed by atoms with Crippen LogP contribution in [0, 0.1) is 33.5 Å². The van der Waals surface area contributed by atoms with Gasteiger partial charge in [0, 0.05) is 23.0 Å². The van der Waals surface area contributed by atoms with Crippen LogP contribution in [0.3, 0.4) is 0 Å². The van der Waals surface area contributed by atoms with Crippen LogP contribution in [0.15, 0.2) is 54.7 Å². The molecule has 0 aliphatic heterocycles. The van der Waals surface area contributed by atoms with Gasteiger partial charge in [-0.25, -0.2) is 4.39 Å². The van der Waals surface area contributed by atoms with E-state index in [0.717, 1.165) is 29.0 Å². The fourth-order valence-electron chi connectivity index (χ4n) is 3.87. The fourth-order valence-corrected chi connectivity index (χ4v) is 3.87. The molecule has 0 saturated heterocycles. The highest BCUT2D eigenvalue weighted by atomic mass is 35.5. The van der Waals surface area contributed by atoms with Gasteiger partial charge in [-0.05, 0) is 81.1 Å². The molecule has 2 aromatic carbocycles. The van der Waals surface area contributed by atoms with Crippen LogP contribution in [0.25, 0.3) is 10.9 Å². The first-order chi connectivity index (χ1) is 13.9. The van der Waals surface area contributed by atoms with Gasteiger partial charge < -0.3 is 10.3 Å². The van der Waals surface area contributed by atoms with Gasteiger partial charge in [-0.15, -0.1) is 12.4 Å². The molecule has 4 rings (SSSR count). The standard InChI is InChI=1S/C25H26FN3.ClH/c1-15-5-6-16(2)19(13-15)14-23(29-21-9-7-20(26)8-10-21)25-24-22(11-12-27-25)17(3)18(4)28-24;/h5-13,23,28-29H,14H2,1-4H3;1H. The Morgan fingerprint density at radius 2 is 1.73 bits per heavy atom. The lowest BCUT2D eigenvalue weighted by Gasteiger charge is -2.22. The first-order valence-electron chi connectivity index (χ1n) is 9.94. The molecule has 1 atom stereocenters. The highest BCUT2D eigenvalue weighted by molar-refractivity contribution is 5.86. The van der Waals surface area contributed by atoms with Gasteiger partial charge in [0.1, 0.15) is 5.82 Å². The van der Waals surface area contributed by atoms with E-state index in [2.05, 4.69) is 62.3 Å². The highest BCUT2D eigenvalue weighted by Gasteiger charge is 2.20. The summed E-state index contributed by atoms with van der Waals surface area (Å²) in [7, 11) is 0. The lowest BCUT2D eigenvalue weighted by molar-refractivity contribution is 0.627. The van der Waals surface area contributed by atoms with Crippen molar-refractivity contribution in [3.05, 3.63) is 94.2 Å². The molecule has 2 heterocycles. The van der Waals surface area contributed by atoms with Gasteiger partial charge in [0.05, 0.1) is 17.3 Å². The van der Waals surface area contributed by atoms with Crippen molar-refractivity contribution in [3.8, 4) is 0 Å². The summed E-state index contributed by atoms with van der Waals surface area (Å²) < 4.78 is 13.4. The Kier molecular flexibility index (Phi) is 6.47. The number of anilines is 1. The van der Waals surface area contributed by atoms with Crippen LogP contribution >= 0.6 is 12.4 Å². The van der Waals surface area contributed by atoms with Crippen LogP contribution in [0.4, 0.5) is 10.1 Å². The Bertz CT molecular complexity index is 1170. The molecule has 0 saturated carbocycles. The fraction of sp³-hybridized carbons (Fsp3) is 0.240. The van der Waals surface area contributed by atoms with Crippen molar-refractivity contribution in [2.45, 2.75) is 40.2 Å². The van der Waals surface area contributed by atoms with Crippen LogP contribution in [-0.4, -0.2) is 9.97 Å². The number of hydrogen-bond acceptors (Lipinski definition) is 2. The van der Waals surface area contributed by atoms with Gasteiger partial charge >= 0.3 is 0 Å². The van der Waals surface area contributed by atoms with Crippen molar-refractivity contribution >= 4 is 29.0 Å². The maximum Gasteiger partial charge on any atom is 0.123 e. The van der Waals surface area contributed by atoms with Gasteiger partial charge in [-0.1, -0.05) is 23.8 Å². The zero-order valence-corrected chi connectivity index (χ0v) is 18.5. The predicted molar refractivity (Wildman–Crippen MR) is 125 cm³/mol. The summed E-state index contributed by atoms with van der Waals surface area (Å²) in [5.41, 5.74) is 9.09. The Balaban J connectivity index is 0.00000256. The second-order valence-corrected chi connectivity index (χ2v) is 7.83. The zero-order valence-electron chi connectivity index (χ0n) is 17.7. The van der Waals surface area contributed by atoms with E-state index >= 15 is 0 Å². The normalized spacial score (nSPS) is 11.9. The monoisotopic (exact) mass is 423 g/mol. The van der Waals surface area contributed by atoms with Crippen LogP contribution in [-0.2, 0) is 6.42 Å². The van der Waals surface area contributed by atoms with Crippen molar-refractivity contribution in [3.63, 3.8) is 0 Å². The van der Waals surface area contributed by atoms with E-state index in [0.29, 0.717) is 0 Å². The molecule has 4 aromatic rings. The molecule has 0 bridgehead atoms. The lowest BCUT2D eigenvalue weighted by Crippen LogP contribution is -2.16. The van der Waals surface area contributed by atoms with Gasteiger partial charge in [0.15, 0.2) is 0 Å². The van der Waals surface area contributed by atoms with Gasteiger partial charge in [0.25, 0.3) is 0 Å². The number of nitrogens with zero attached hydrogens (tertiary/aromatic N) is 1. The molecular weight excluding hydrogens is 397 g/mol. The maximum absolute atomic E-state index is 13.4. The number of pyridine rings is 1. The zero-order chi connectivity index (χ0) is 20.5. The number of aryl methyl sites for hydroxylation is 4. The van der Waals surface area contributed by atoms with E-state index < -0.39 is 0 Å². The van der Waals surface area contributed by atoms with E-state index in [-0.39, 0.29) is 24.3 Å². The van der Waals surface area contributed by atoms with Crippen LogP contribution in [0.2, 0.25) is 0 Å². The Morgan fingerprint density at radius 1 is 1.00 bits per heavy atom. The molecule has 0 amide bonds. The van der Waals surface area contributed by atoms with Crippen molar-refractivity contribution < 1.29 is 4.39 Å². The summed E-state index contributed by atoms with van der Waals surface area (Å²) in [6.07, 6.45) is 2.66. The van der Waals surface area contributed by atoms with E-state index in [1.165, 1.54) is 39.8 Å². The highest BCUT2D eigenvalue weighted by Crippen LogP contribution is 2.31. The van der Waals surface area contributed by atoms with Gasteiger partial charge in [-0.3, -0.25) is 4.98 Å². The quantitative estimate of drug-likeness (QED) is 0.372. The Labute approximate surface area is 183 Å². The number of nitrogens with one attached hydrogen (secondary N) is 2. The summed E-state index contributed by atoms with van der Waals surface area (Å²) >= 11 is 0. The molecule has 3 nitrogen and oxygen atoms in total. The summed E-state index contributed by atoms with van der Waals surface area (Å²) in [4.78, 5) is 8.28. The number of halogens is 2. The number of benzene rings is 2. The van der Waals surface area contributed by atoms with E-state index in [4.69, 9.17) is 4.98 Å². The first kappa shape index (κ1) is 21.8. The molecule has 1 unspecified atom stereocenters. The minimum absolute atomic E-state index is 0. The predicted octanol–water partition coefficient (Wildman–Crippen LogP) is 6.75. The van der Waals surface area contributed by atoms with Gasteiger partial charge in [-0.2, -0.15) is 0 Å². The number of rotatable bonds is 5. The summed E-state index contributed by atoms with van der Waals surface area (Å²) in [5, 5.41) is 4.78. The van der Waals surface area contributed by atoms with Crippen LogP contribution in [0.5, 0.6) is 0 Å². The Hall–Kier alpha value is -2.85. The average molecular weight is 424 g/mol. The van der Waals surface area contributed by atoms with Crippen molar-refractivity contribution in [1.82, 2.24) is 9.97 Å². The van der Waals surface area contributed by atoms with Crippen LogP contribution in [0.1, 0.15) is 39.7 Å². The third kappa shape index (κ3) is 4.34. The van der Waals surface area contributed by atoms with E-state index in [1.54, 1.807) is 12.1 Å². The van der Waals surface area contributed by atoms with E-state index in [9.17, 15) is 4.39 Å². The smallest absolute Gasteiger partial charge is 0.123 e. The second kappa shape index (κ2) is 8.88. The molecule has 0 aliphatic carbocycles. The average Bonchev–Trinajstić information content (AvgIpc) is 3.00. The molecule has 0 aliphatic rings. The topological polar surface area (TPSA) is 40.7 Å². The lowest BCUT2D eigenvalue weighted by atomic mass is 9.96.